The van der Waals surface area contributed by atoms with E-state index in [0.717, 1.165) is 6.54 Å². The summed E-state index contributed by atoms with van der Waals surface area (Å²) < 4.78 is 1.91. The Bertz CT molecular complexity index is 294. The van der Waals surface area contributed by atoms with Crippen molar-refractivity contribution in [3.05, 3.63) is 18.7 Å². The van der Waals surface area contributed by atoms with E-state index in [4.69, 9.17) is 5.73 Å². The molecule has 1 heterocycles. The Morgan fingerprint density at radius 3 is 2.87 bits per heavy atom. The van der Waals surface area contributed by atoms with Crippen LogP contribution < -0.4 is 11.1 Å². The molecule has 0 aliphatic heterocycles. The average molecular weight is 210 g/mol. The number of nitrogens with one attached hydrogen (secondary N) is 1. The number of hydrogen-bond donors (Lipinski definition) is 2. The highest BCUT2D eigenvalue weighted by atomic mass is 16.1. The molecule has 3 N–H and O–H groups in total. The van der Waals surface area contributed by atoms with Crippen LogP contribution in [0.15, 0.2) is 18.7 Å². The molecule has 2 unspecified atom stereocenters. The number of rotatable bonds is 5. The second-order valence-electron chi connectivity index (χ2n) is 3.74. The Kier molecular flexibility index (Phi) is 4.30. The number of amides is 1. The largest absolute Gasteiger partial charge is 0.354 e. The maximum Gasteiger partial charge on any atom is 0.224 e. The van der Waals surface area contributed by atoms with Gasteiger partial charge in [0.25, 0.3) is 0 Å². The van der Waals surface area contributed by atoms with Crippen LogP contribution in [0, 0.1) is 5.92 Å². The molecule has 0 fully saturated rings. The zero-order valence-electron chi connectivity index (χ0n) is 9.18. The average Bonchev–Trinajstić information content (AvgIpc) is 2.69. The van der Waals surface area contributed by atoms with Crippen LogP contribution in [0.5, 0.6) is 0 Å². The molecule has 0 aliphatic rings. The molecule has 84 valence electrons. The van der Waals surface area contributed by atoms with Gasteiger partial charge in [-0.3, -0.25) is 4.79 Å². The lowest BCUT2D eigenvalue weighted by Crippen LogP contribution is -2.39. The minimum atomic E-state index is -0.146. The van der Waals surface area contributed by atoms with E-state index in [-0.39, 0.29) is 17.9 Å². The van der Waals surface area contributed by atoms with Gasteiger partial charge in [-0.25, -0.2) is 4.98 Å². The van der Waals surface area contributed by atoms with Crippen molar-refractivity contribution in [3.63, 3.8) is 0 Å². The molecule has 0 saturated heterocycles. The number of carbonyl (C=O) groups excluding carboxylic acids is 1. The van der Waals surface area contributed by atoms with Crippen LogP contribution in [0.3, 0.4) is 0 Å². The van der Waals surface area contributed by atoms with Crippen molar-refractivity contribution in [2.75, 3.05) is 6.54 Å². The molecule has 1 rings (SSSR count). The lowest BCUT2D eigenvalue weighted by atomic mass is 10.0. The van der Waals surface area contributed by atoms with E-state index in [1.54, 1.807) is 12.5 Å². The zero-order valence-corrected chi connectivity index (χ0v) is 9.18. The molecule has 0 saturated carbocycles. The van der Waals surface area contributed by atoms with Crippen molar-refractivity contribution >= 4 is 5.91 Å². The molecule has 15 heavy (non-hydrogen) atoms. The van der Waals surface area contributed by atoms with E-state index in [1.165, 1.54) is 0 Å². The van der Waals surface area contributed by atoms with Crippen molar-refractivity contribution < 1.29 is 4.79 Å². The predicted octanol–water partition coefficient (Wildman–Crippen LogP) is -0.0174. The third-order valence-corrected chi connectivity index (χ3v) is 2.43. The third-order valence-electron chi connectivity index (χ3n) is 2.43. The monoisotopic (exact) mass is 210 g/mol. The molecule has 2 atom stereocenters. The smallest absolute Gasteiger partial charge is 0.224 e. The predicted molar refractivity (Wildman–Crippen MR) is 58.1 cm³/mol. The lowest BCUT2D eigenvalue weighted by Gasteiger charge is -2.15. The van der Waals surface area contributed by atoms with Gasteiger partial charge in [-0.1, -0.05) is 6.92 Å². The molecule has 1 amide bonds. The highest BCUT2D eigenvalue weighted by Gasteiger charge is 2.15. The normalized spacial score (nSPS) is 14.6. The molecule has 0 aliphatic carbocycles. The van der Waals surface area contributed by atoms with Crippen LogP contribution in [0.1, 0.15) is 13.8 Å². The summed E-state index contributed by atoms with van der Waals surface area (Å²) in [6.07, 6.45) is 5.30. The second kappa shape index (κ2) is 5.50. The van der Waals surface area contributed by atoms with Crippen LogP contribution in [0.4, 0.5) is 0 Å². The SMILES string of the molecule is CC(N)C(C)C(=O)NCCn1ccnc1. The standard InChI is InChI=1S/C10H18N4O/c1-8(9(2)11)10(15)13-4-6-14-5-3-12-7-14/h3,5,7-9H,4,6,11H2,1-2H3,(H,13,15). The number of nitrogens with two attached hydrogens (primary N) is 1. The summed E-state index contributed by atoms with van der Waals surface area (Å²) in [6.45, 7) is 5.00. The van der Waals surface area contributed by atoms with Gasteiger partial charge in [0.15, 0.2) is 0 Å². The van der Waals surface area contributed by atoms with Crippen LogP contribution >= 0.6 is 0 Å². The van der Waals surface area contributed by atoms with Crippen LogP contribution in [-0.2, 0) is 11.3 Å². The van der Waals surface area contributed by atoms with Crippen LogP contribution in [-0.4, -0.2) is 28.0 Å². The first kappa shape index (κ1) is 11.7. The van der Waals surface area contributed by atoms with Gasteiger partial charge >= 0.3 is 0 Å². The van der Waals surface area contributed by atoms with E-state index in [9.17, 15) is 4.79 Å². The van der Waals surface area contributed by atoms with Gasteiger partial charge in [-0.05, 0) is 6.92 Å². The summed E-state index contributed by atoms with van der Waals surface area (Å²) in [5.74, 6) is -0.141. The fourth-order valence-corrected chi connectivity index (χ4v) is 1.13. The first-order valence-corrected chi connectivity index (χ1v) is 5.10. The Morgan fingerprint density at radius 2 is 2.33 bits per heavy atom. The van der Waals surface area contributed by atoms with E-state index in [2.05, 4.69) is 10.3 Å². The Balaban J connectivity index is 2.23. The minimum Gasteiger partial charge on any atom is -0.354 e. The maximum absolute atomic E-state index is 11.5. The maximum atomic E-state index is 11.5. The van der Waals surface area contributed by atoms with E-state index < -0.39 is 0 Å². The Labute approximate surface area is 89.7 Å². The molecule has 0 spiro atoms. The molecule has 1 aromatic rings. The topological polar surface area (TPSA) is 72.9 Å². The molecule has 0 aromatic carbocycles. The molecule has 5 heteroatoms. The first-order chi connectivity index (χ1) is 7.11. The number of nitrogens with zero attached hydrogens (tertiary/aromatic N) is 2. The molecule has 5 nitrogen and oxygen atoms in total. The number of hydrogen-bond acceptors (Lipinski definition) is 3. The summed E-state index contributed by atoms with van der Waals surface area (Å²) in [7, 11) is 0. The number of aromatic nitrogens is 2. The van der Waals surface area contributed by atoms with Gasteiger partial charge in [-0.2, -0.15) is 0 Å². The van der Waals surface area contributed by atoms with Crippen molar-refractivity contribution in [1.29, 1.82) is 0 Å². The van der Waals surface area contributed by atoms with Gasteiger partial charge < -0.3 is 15.6 Å². The van der Waals surface area contributed by atoms with Gasteiger partial charge in [0.2, 0.25) is 5.91 Å². The summed E-state index contributed by atoms with van der Waals surface area (Å²) in [4.78, 5) is 15.4. The quantitative estimate of drug-likeness (QED) is 0.717. The van der Waals surface area contributed by atoms with Gasteiger partial charge in [0.1, 0.15) is 0 Å². The van der Waals surface area contributed by atoms with Crippen molar-refractivity contribution in [3.8, 4) is 0 Å². The fraction of sp³-hybridized carbons (Fsp3) is 0.600. The second-order valence-corrected chi connectivity index (χ2v) is 3.74. The fourth-order valence-electron chi connectivity index (χ4n) is 1.13. The molecular weight excluding hydrogens is 192 g/mol. The summed E-state index contributed by atoms with van der Waals surface area (Å²) in [5.41, 5.74) is 5.63. The summed E-state index contributed by atoms with van der Waals surface area (Å²) >= 11 is 0. The van der Waals surface area contributed by atoms with E-state index in [0.29, 0.717) is 6.54 Å². The summed E-state index contributed by atoms with van der Waals surface area (Å²) in [6, 6.07) is -0.113. The van der Waals surface area contributed by atoms with Crippen molar-refractivity contribution in [2.45, 2.75) is 26.4 Å². The van der Waals surface area contributed by atoms with E-state index >= 15 is 0 Å². The number of carbonyl (C=O) groups is 1. The third kappa shape index (κ3) is 3.71. The van der Waals surface area contributed by atoms with Crippen molar-refractivity contribution in [1.82, 2.24) is 14.9 Å². The Morgan fingerprint density at radius 1 is 1.60 bits per heavy atom. The van der Waals surface area contributed by atoms with Crippen molar-refractivity contribution in [2.24, 2.45) is 11.7 Å². The van der Waals surface area contributed by atoms with Crippen LogP contribution in [0.2, 0.25) is 0 Å². The zero-order chi connectivity index (χ0) is 11.3. The van der Waals surface area contributed by atoms with E-state index in [1.807, 2.05) is 24.6 Å². The van der Waals surface area contributed by atoms with Gasteiger partial charge in [0.05, 0.1) is 6.33 Å². The molecular formula is C10H18N4O. The first-order valence-electron chi connectivity index (χ1n) is 5.10. The highest BCUT2D eigenvalue weighted by Crippen LogP contribution is 1.98. The van der Waals surface area contributed by atoms with Gasteiger partial charge in [-0.15, -0.1) is 0 Å². The number of imidazole rings is 1. The summed E-state index contributed by atoms with van der Waals surface area (Å²) in [5, 5.41) is 2.83. The Hall–Kier alpha value is -1.36. The highest BCUT2D eigenvalue weighted by molar-refractivity contribution is 5.78. The molecule has 0 radical (unpaired) electrons. The molecule has 1 aromatic heterocycles. The van der Waals surface area contributed by atoms with Crippen LogP contribution in [0.25, 0.3) is 0 Å². The minimum absolute atomic E-state index is 0.00474. The lowest BCUT2D eigenvalue weighted by molar-refractivity contribution is -0.124. The van der Waals surface area contributed by atoms with Gasteiger partial charge in [0, 0.05) is 37.4 Å². The molecule has 0 bridgehead atoms.